The van der Waals surface area contributed by atoms with Gasteiger partial charge in [-0.25, -0.2) is 13.8 Å². The minimum Gasteiger partial charge on any atom is -0.493 e. The van der Waals surface area contributed by atoms with Crippen LogP contribution in [-0.4, -0.2) is 22.6 Å². The Bertz CT molecular complexity index is 1450. The summed E-state index contributed by atoms with van der Waals surface area (Å²) in [4.78, 5) is 18.0. The summed E-state index contributed by atoms with van der Waals surface area (Å²) in [5.41, 5.74) is 1.26. The maximum Gasteiger partial charge on any atom is 0.266 e. The number of halogens is 2. The Morgan fingerprint density at radius 3 is 2.51 bits per heavy atom. The Kier molecular flexibility index (Phi) is 6.31. The fourth-order valence-electron chi connectivity index (χ4n) is 4.49. The molecule has 178 valence electrons. The van der Waals surface area contributed by atoms with Gasteiger partial charge in [0.2, 0.25) is 0 Å². The van der Waals surface area contributed by atoms with Crippen molar-refractivity contribution in [1.82, 2.24) is 9.38 Å². The van der Waals surface area contributed by atoms with Crippen LogP contribution in [0, 0.1) is 11.6 Å². The Balaban J connectivity index is 1.65. The fourth-order valence-corrected chi connectivity index (χ4v) is 4.49. The largest absolute Gasteiger partial charge is 0.493 e. The van der Waals surface area contributed by atoms with Crippen molar-refractivity contribution in [3.63, 3.8) is 0 Å². The average Bonchev–Trinajstić information content (AvgIpc) is 3.36. The molecule has 0 radical (unpaired) electrons. The molecule has 35 heavy (non-hydrogen) atoms. The second-order valence-corrected chi connectivity index (χ2v) is 8.50. The molecule has 5 nitrogen and oxygen atoms in total. The van der Waals surface area contributed by atoms with Gasteiger partial charge in [0.05, 0.1) is 24.5 Å². The first-order chi connectivity index (χ1) is 17.0. The Morgan fingerprint density at radius 2 is 1.77 bits per heavy atom. The van der Waals surface area contributed by atoms with Crippen molar-refractivity contribution in [1.29, 1.82) is 0 Å². The molecule has 4 aromatic rings. The number of methoxy groups -OCH3 is 1. The highest BCUT2D eigenvalue weighted by Gasteiger charge is 2.20. The summed E-state index contributed by atoms with van der Waals surface area (Å²) < 4.78 is 41.3. The summed E-state index contributed by atoms with van der Waals surface area (Å²) in [6.45, 7) is 0. The number of pyridine rings is 1. The van der Waals surface area contributed by atoms with E-state index in [1.54, 1.807) is 43.7 Å². The van der Waals surface area contributed by atoms with Crippen molar-refractivity contribution in [3.05, 3.63) is 94.0 Å². The Hall–Kier alpha value is -4.00. The highest BCUT2D eigenvalue weighted by Crippen LogP contribution is 2.36. The molecule has 5 rings (SSSR count). The van der Waals surface area contributed by atoms with E-state index in [0.29, 0.717) is 22.8 Å². The maximum absolute atomic E-state index is 14.1. The molecule has 1 fully saturated rings. The first kappa shape index (κ1) is 22.8. The number of benzene rings is 2. The topological polar surface area (TPSA) is 52.8 Å². The molecule has 2 aromatic carbocycles. The molecule has 7 heteroatoms. The van der Waals surface area contributed by atoms with E-state index in [1.165, 1.54) is 4.40 Å². The summed E-state index contributed by atoms with van der Waals surface area (Å²) >= 11 is 0. The summed E-state index contributed by atoms with van der Waals surface area (Å²) in [6.07, 6.45) is 9.38. The summed E-state index contributed by atoms with van der Waals surface area (Å²) in [5.74, 6) is -0.313. The molecule has 0 aliphatic heterocycles. The zero-order valence-corrected chi connectivity index (χ0v) is 19.2. The predicted molar refractivity (Wildman–Crippen MR) is 132 cm³/mol. The Morgan fingerprint density at radius 1 is 1.00 bits per heavy atom. The molecule has 1 aliphatic carbocycles. The zero-order valence-electron chi connectivity index (χ0n) is 19.2. The molecule has 0 N–H and O–H groups in total. The van der Waals surface area contributed by atoms with Crippen LogP contribution in [0.1, 0.15) is 36.9 Å². The molecule has 0 bridgehead atoms. The minimum absolute atomic E-state index is 0.101. The lowest BCUT2D eigenvalue weighted by molar-refractivity contribution is 0.200. The third-order valence-electron chi connectivity index (χ3n) is 6.15. The van der Waals surface area contributed by atoms with Crippen molar-refractivity contribution in [3.8, 4) is 22.6 Å². The highest BCUT2D eigenvalue weighted by molar-refractivity contribution is 5.81. The van der Waals surface area contributed by atoms with Gasteiger partial charge in [0.25, 0.3) is 5.56 Å². The van der Waals surface area contributed by atoms with Crippen LogP contribution in [0.4, 0.5) is 8.78 Å². The van der Waals surface area contributed by atoms with Crippen LogP contribution in [0.3, 0.4) is 0 Å². The smallest absolute Gasteiger partial charge is 0.266 e. The van der Waals surface area contributed by atoms with Crippen LogP contribution < -0.4 is 15.0 Å². The maximum atomic E-state index is 14.1. The van der Waals surface area contributed by atoms with E-state index >= 15 is 0 Å². The molecule has 0 unspecified atom stereocenters. The van der Waals surface area contributed by atoms with Crippen LogP contribution in [-0.2, 0) is 0 Å². The Labute approximate surface area is 201 Å². The van der Waals surface area contributed by atoms with Gasteiger partial charge in [0.15, 0.2) is 11.5 Å². The lowest BCUT2D eigenvalue weighted by atomic mass is 10.0. The molecular formula is C28H24F2N2O3. The first-order valence-corrected chi connectivity index (χ1v) is 11.5. The number of ether oxygens (including phenoxy) is 2. The van der Waals surface area contributed by atoms with Gasteiger partial charge in [-0.1, -0.05) is 18.2 Å². The van der Waals surface area contributed by atoms with Gasteiger partial charge in [-0.2, -0.15) is 0 Å². The number of para-hydroxylation sites is 1. The number of hydrogen-bond donors (Lipinski definition) is 0. The number of nitrogens with zero attached hydrogens (tertiary/aromatic N) is 2. The van der Waals surface area contributed by atoms with Crippen molar-refractivity contribution in [2.45, 2.75) is 31.8 Å². The lowest BCUT2D eigenvalue weighted by Crippen LogP contribution is -2.18. The molecule has 1 saturated carbocycles. The van der Waals surface area contributed by atoms with Gasteiger partial charge in [0, 0.05) is 17.8 Å². The summed E-state index contributed by atoms with van der Waals surface area (Å²) in [7, 11) is 1.59. The molecule has 2 aromatic heterocycles. The molecule has 2 heterocycles. The van der Waals surface area contributed by atoms with Crippen molar-refractivity contribution < 1.29 is 18.3 Å². The minimum atomic E-state index is -0.771. The van der Waals surface area contributed by atoms with Crippen LogP contribution in [0.5, 0.6) is 11.5 Å². The summed E-state index contributed by atoms with van der Waals surface area (Å²) in [6, 6.07) is 13.8. The second-order valence-electron chi connectivity index (χ2n) is 8.50. The standard InChI is InChI=1S/C28H24F2N2O3/c1-34-24-10-6-7-18(27(24)35-22-8-2-3-9-22)12-13-23-26(19-15-20(29)17-21(30)16-19)28(33)32-14-5-4-11-25(32)31-23/h4-7,10-17,22H,2-3,8-9H2,1H3. The fraction of sp³-hybridized carbons (Fsp3) is 0.214. The van der Waals surface area contributed by atoms with Gasteiger partial charge in [-0.15, -0.1) is 0 Å². The molecule has 0 spiro atoms. The van der Waals surface area contributed by atoms with Crippen LogP contribution in [0.15, 0.2) is 65.6 Å². The quantitative estimate of drug-likeness (QED) is 0.337. The van der Waals surface area contributed by atoms with E-state index in [2.05, 4.69) is 4.98 Å². The second kappa shape index (κ2) is 9.70. The van der Waals surface area contributed by atoms with Gasteiger partial charge < -0.3 is 9.47 Å². The van der Waals surface area contributed by atoms with E-state index in [0.717, 1.165) is 49.4 Å². The van der Waals surface area contributed by atoms with Gasteiger partial charge in [-0.05, 0) is 73.7 Å². The van der Waals surface area contributed by atoms with Crippen LogP contribution >= 0.6 is 0 Å². The van der Waals surface area contributed by atoms with Gasteiger partial charge in [0.1, 0.15) is 17.3 Å². The highest BCUT2D eigenvalue weighted by atomic mass is 19.1. The third kappa shape index (κ3) is 4.67. The van der Waals surface area contributed by atoms with Crippen LogP contribution in [0.2, 0.25) is 0 Å². The average molecular weight is 475 g/mol. The molecule has 0 atom stereocenters. The third-order valence-corrected chi connectivity index (χ3v) is 6.15. The lowest BCUT2D eigenvalue weighted by Gasteiger charge is -2.18. The normalized spacial score (nSPS) is 14.1. The molecule has 0 saturated heterocycles. The van der Waals surface area contributed by atoms with Crippen LogP contribution in [0.25, 0.3) is 28.9 Å². The molecule has 0 amide bonds. The summed E-state index contributed by atoms with van der Waals surface area (Å²) in [5, 5.41) is 0. The monoisotopic (exact) mass is 474 g/mol. The number of aromatic nitrogens is 2. The zero-order chi connectivity index (χ0) is 24.4. The number of fused-ring (bicyclic) bond motifs is 1. The van der Waals surface area contributed by atoms with Crippen molar-refractivity contribution in [2.24, 2.45) is 0 Å². The number of hydrogen-bond acceptors (Lipinski definition) is 4. The van der Waals surface area contributed by atoms with Crippen molar-refractivity contribution >= 4 is 17.8 Å². The van der Waals surface area contributed by atoms with E-state index in [4.69, 9.17) is 9.47 Å². The first-order valence-electron chi connectivity index (χ1n) is 11.5. The van der Waals surface area contributed by atoms with E-state index < -0.39 is 17.2 Å². The molecule has 1 aliphatic rings. The van der Waals surface area contributed by atoms with E-state index in [1.807, 2.05) is 18.2 Å². The number of rotatable bonds is 6. The van der Waals surface area contributed by atoms with Gasteiger partial charge in [-0.3, -0.25) is 9.20 Å². The van der Waals surface area contributed by atoms with E-state index in [-0.39, 0.29) is 17.2 Å². The van der Waals surface area contributed by atoms with Crippen molar-refractivity contribution in [2.75, 3.05) is 7.11 Å². The van der Waals surface area contributed by atoms with E-state index in [9.17, 15) is 13.6 Å². The SMILES string of the molecule is COc1cccc(C=Cc2nc3ccccn3c(=O)c2-c2cc(F)cc(F)c2)c1OC1CCCC1. The van der Waals surface area contributed by atoms with Gasteiger partial charge >= 0.3 is 0 Å². The molecular weight excluding hydrogens is 450 g/mol. The predicted octanol–water partition coefficient (Wildman–Crippen LogP) is 6.14.